The van der Waals surface area contributed by atoms with E-state index in [9.17, 15) is 9.59 Å². The molecule has 110 valence electrons. The summed E-state index contributed by atoms with van der Waals surface area (Å²) in [5, 5.41) is 11.5. The van der Waals surface area contributed by atoms with Gasteiger partial charge in [-0.15, -0.1) is 0 Å². The van der Waals surface area contributed by atoms with Crippen LogP contribution in [0.2, 0.25) is 0 Å². The van der Waals surface area contributed by atoms with Gasteiger partial charge in [0.2, 0.25) is 6.41 Å². The van der Waals surface area contributed by atoms with Crippen molar-refractivity contribution in [3.8, 4) is 6.07 Å². The number of hydrogen-bond donors (Lipinski definition) is 1. The molecule has 0 spiro atoms. The molecule has 1 aromatic carbocycles. The van der Waals surface area contributed by atoms with Crippen LogP contribution in [0.4, 0.5) is 5.69 Å². The predicted octanol–water partition coefficient (Wildman–Crippen LogP) is 1.58. The maximum atomic E-state index is 12.5. The molecule has 2 aromatic rings. The highest BCUT2D eigenvalue weighted by atomic mass is 16.2. The number of benzene rings is 1. The summed E-state index contributed by atoms with van der Waals surface area (Å²) in [4.78, 5) is 24.8. The molecule has 0 fully saturated rings. The van der Waals surface area contributed by atoms with Gasteiger partial charge in [0, 0.05) is 25.8 Å². The summed E-state index contributed by atoms with van der Waals surface area (Å²) >= 11 is 0. The van der Waals surface area contributed by atoms with Gasteiger partial charge in [-0.1, -0.05) is 12.1 Å². The van der Waals surface area contributed by atoms with Crippen LogP contribution in [-0.2, 0) is 17.9 Å². The van der Waals surface area contributed by atoms with Crippen LogP contribution in [-0.4, -0.2) is 28.3 Å². The summed E-state index contributed by atoms with van der Waals surface area (Å²) in [6.45, 7) is 1.74. The highest BCUT2D eigenvalue weighted by Crippen LogP contribution is 2.21. The highest BCUT2D eigenvalue weighted by molar-refractivity contribution is 5.95. The first-order valence-electron chi connectivity index (χ1n) is 6.90. The van der Waals surface area contributed by atoms with Crippen molar-refractivity contribution in [1.29, 1.82) is 5.26 Å². The van der Waals surface area contributed by atoms with Gasteiger partial charge in [0.15, 0.2) is 0 Å². The van der Waals surface area contributed by atoms with E-state index in [0.29, 0.717) is 43.0 Å². The number of fused-ring (bicyclic) bond motifs is 1. The van der Waals surface area contributed by atoms with Crippen molar-refractivity contribution in [3.63, 3.8) is 0 Å². The summed E-state index contributed by atoms with van der Waals surface area (Å²) in [7, 11) is 0. The van der Waals surface area contributed by atoms with Gasteiger partial charge in [-0.05, 0) is 23.8 Å². The van der Waals surface area contributed by atoms with E-state index in [1.54, 1.807) is 29.3 Å². The number of nitriles is 1. The lowest BCUT2D eigenvalue weighted by molar-refractivity contribution is -0.105. The molecule has 0 aliphatic carbocycles. The van der Waals surface area contributed by atoms with E-state index < -0.39 is 0 Å². The fourth-order valence-corrected chi connectivity index (χ4v) is 2.62. The number of nitrogens with one attached hydrogen (secondary N) is 1. The monoisotopic (exact) mass is 294 g/mol. The molecule has 2 amide bonds. The topological polar surface area (TPSA) is 78.1 Å². The molecule has 1 aromatic heterocycles. The average molecular weight is 294 g/mol. The molecule has 0 bridgehead atoms. The van der Waals surface area contributed by atoms with Gasteiger partial charge in [0.05, 0.1) is 17.3 Å². The number of hydrogen-bond acceptors (Lipinski definition) is 3. The normalized spacial score (nSPS) is 13.4. The molecular weight excluding hydrogens is 280 g/mol. The fourth-order valence-electron chi connectivity index (χ4n) is 2.62. The van der Waals surface area contributed by atoms with E-state index in [0.717, 1.165) is 5.56 Å². The Kier molecular flexibility index (Phi) is 3.62. The zero-order chi connectivity index (χ0) is 15.5. The SMILES string of the molecule is N#Cc1cccc(CN2CCn3cc(NC=O)cc3C2=O)c1. The minimum atomic E-state index is -0.0763. The number of nitrogens with zero attached hydrogens (tertiary/aromatic N) is 3. The Bertz CT molecular complexity index is 773. The lowest BCUT2D eigenvalue weighted by atomic mass is 10.1. The fraction of sp³-hybridized carbons (Fsp3) is 0.188. The first kappa shape index (κ1) is 13.9. The Morgan fingerprint density at radius 1 is 1.32 bits per heavy atom. The van der Waals surface area contributed by atoms with Crippen molar-refractivity contribution < 1.29 is 9.59 Å². The summed E-state index contributed by atoms with van der Waals surface area (Å²) in [5.41, 5.74) is 2.69. The van der Waals surface area contributed by atoms with Crippen molar-refractivity contribution in [3.05, 3.63) is 53.3 Å². The van der Waals surface area contributed by atoms with Crippen LogP contribution < -0.4 is 5.32 Å². The Morgan fingerprint density at radius 2 is 2.18 bits per heavy atom. The molecule has 2 heterocycles. The molecule has 6 nitrogen and oxygen atoms in total. The van der Waals surface area contributed by atoms with E-state index in [4.69, 9.17) is 5.26 Å². The van der Waals surface area contributed by atoms with Crippen LogP contribution in [0.25, 0.3) is 0 Å². The smallest absolute Gasteiger partial charge is 0.270 e. The minimum Gasteiger partial charge on any atom is -0.340 e. The van der Waals surface area contributed by atoms with Crippen molar-refractivity contribution in [2.45, 2.75) is 13.1 Å². The lowest BCUT2D eigenvalue weighted by Crippen LogP contribution is -2.39. The summed E-state index contributed by atoms with van der Waals surface area (Å²) in [5.74, 6) is -0.0763. The van der Waals surface area contributed by atoms with Crippen LogP contribution in [0.5, 0.6) is 0 Å². The first-order chi connectivity index (χ1) is 10.7. The van der Waals surface area contributed by atoms with Gasteiger partial charge < -0.3 is 14.8 Å². The van der Waals surface area contributed by atoms with Gasteiger partial charge in [0.1, 0.15) is 5.69 Å². The lowest BCUT2D eigenvalue weighted by Gasteiger charge is -2.28. The van der Waals surface area contributed by atoms with Crippen molar-refractivity contribution >= 4 is 18.0 Å². The van der Waals surface area contributed by atoms with E-state index in [-0.39, 0.29) is 5.91 Å². The second-order valence-corrected chi connectivity index (χ2v) is 5.11. The number of rotatable bonds is 4. The van der Waals surface area contributed by atoms with Crippen molar-refractivity contribution in [2.75, 3.05) is 11.9 Å². The van der Waals surface area contributed by atoms with Crippen molar-refractivity contribution in [1.82, 2.24) is 9.47 Å². The second-order valence-electron chi connectivity index (χ2n) is 5.11. The Balaban J connectivity index is 1.80. The number of carbonyl (C=O) groups is 2. The highest BCUT2D eigenvalue weighted by Gasteiger charge is 2.25. The molecule has 0 unspecified atom stereocenters. The predicted molar refractivity (Wildman–Crippen MR) is 80.0 cm³/mol. The third-order valence-electron chi connectivity index (χ3n) is 3.67. The molecule has 0 radical (unpaired) electrons. The molecule has 6 heteroatoms. The molecule has 0 atom stereocenters. The largest absolute Gasteiger partial charge is 0.340 e. The number of amides is 2. The average Bonchev–Trinajstić information content (AvgIpc) is 2.94. The van der Waals surface area contributed by atoms with E-state index in [1.807, 2.05) is 16.7 Å². The van der Waals surface area contributed by atoms with E-state index in [2.05, 4.69) is 11.4 Å². The molecule has 0 saturated heterocycles. The molecular formula is C16H14N4O2. The van der Waals surface area contributed by atoms with Crippen LogP contribution in [0.3, 0.4) is 0 Å². The zero-order valence-electron chi connectivity index (χ0n) is 11.8. The minimum absolute atomic E-state index is 0.0763. The number of aromatic nitrogens is 1. The zero-order valence-corrected chi connectivity index (χ0v) is 11.8. The summed E-state index contributed by atoms with van der Waals surface area (Å²) in [6.07, 6.45) is 2.35. The van der Waals surface area contributed by atoms with E-state index >= 15 is 0 Å². The van der Waals surface area contributed by atoms with Gasteiger partial charge in [-0.3, -0.25) is 9.59 Å². The maximum Gasteiger partial charge on any atom is 0.270 e. The molecule has 1 N–H and O–H groups in total. The Morgan fingerprint density at radius 3 is 2.95 bits per heavy atom. The van der Waals surface area contributed by atoms with E-state index in [1.165, 1.54) is 0 Å². The molecule has 1 aliphatic heterocycles. The van der Waals surface area contributed by atoms with Gasteiger partial charge in [0.25, 0.3) is 5.91 Å². The van der Waals surface area contributed by atoms with Crippen LogP contribution in [0.15, 0.2) is 36.5 Å². The maximum absolute atomic E-state index is 12.5. The third kappa shape index (κ3) is 2.56. The first-order valence-corrected chi connectivity index (χ1v) is 6.90. The quantitative estimate of drug-likeness (QED) is 0.870. The summed E-state index contributed by atoms with van der Waals surface area (Å²) in [6, 6.07) is 11.0. The Hall–Kier alpha value is -3.07. The molecule has 0 saturated carbocycles. The third-order valence-corrected chi connectivity index (χ3v) is 3.67. The van der Waals surface area contributed by atoms with Crippen LogP contribution >= 0.6 is 0 Å². The van der Waals surface area contributed by atoms with Gasteiger partial charge in [-0.2, -0.15) is 5.26 Å². The van der Waals surface area contributed by atoms with Gasteiger partial charge in [-0.25, -0.2) is 0 Å². The number of anilines is 1. The van der Waals surface area contributed by atoms with Crippen LogP contribution in [0, 0.1) is 11.3 Å². The van der Waals surface area contributed by atoms with Gasteiger partial charge >= 0.3 is 0 Å². The number of carbonyl (C=O) groups excluding carboxylic acids is 2. The van der Waals surface area contributed by atoms with Crippen molar-refractivity contribution in [2.24, 2.45) is 0 Å². The standard InChI is InChI=1S/C16H14N4O2/c17-8-12-2-1-3-13(6-12)9-20-5-4-19-10-14(18-11-21)7-15(19)16(20)22/h1-3,6-7,10-11H,4-5,9H2,(H,18,21). The molecule has 22 heavy (non-hydrogen) atoms. The van der Waals surface area contributed by atoms with Crippen LogP contribution in [0.1, 0.15) is 21.6 Å². The second kappa shape index (κ2) is 5.74. The molecule has 1 aliphatic rings. The Labute approximate surface area is 127 Å². The molecule has 3 rings (SSSR count). The summed E-state index contributed by atoms with van der Waals surface area (Å²) < 4.78 is 1.84.